The second-order valence-corrected chi connectivity index (χ2v) is 4.57. The van der Waals surface area contributed by atoms with Gasteiger partial charge in [0.25, 0.3) is 0 Å². The fourth-order valence-corrected chi connectivity index (χ4v) is 2.04. The minimum absolute atomic E-state index is 0.335. The van der Waals surface area contributed by atoms with Crippen LogP contribution in [-0.4, -0.2) is 19.9 Å². The van der Waals surface area contributed by atoms with Crippen LogP contribution in [0.3, 0.4) is 0 Å². The number of H-pyrrole nitrogens is 3. The van der Waals surface area contributed by atoms with E-state index in [9.17, 15) is 4.79 Å². The Morgan fingerprint density at radius 1 is 1.11 bits per heavy atom. The van der Waals surface area contributed by atoms with Crippen molar-refractivity contribution in [1.29, 1.82) is 0 Å². The van der Waals surface area contributed by atoms with Crippen molar-refractivity contribution < 1.29 is 0 Å². The first-order valence-electron chi connectivity index (χ1n) is 5.12. The molecule has 0 amide bonds. The molecule has 7 heteroatoms. The highest BCUT2D eigenvalue weighted by molar-refractivity contribution is 7.71. The molecule has 0 aliphatic rings. The third kappa shape index (κ3) is 1.85. The Hall–Kier alpha value is -1.92. The maximum absolute atomic E-state index is 11.2. The number of hydrogen-bond acceptors (Lipinski definition) is 3. The van der Waals surface area contributed by atoms with E-state index < -0.39 is 0 Å². The van der Waals surface area contributed by atoms with Gasteiger partial charge in [0.05, 0.1) is 0 Å². The van der Waals surface area contributed by atoms with Crippen molar-refractivity contribution in [3.63, 3.8) is 0 Å². The van der Waals surface area contributed by atoms with E-state index in [1.165, 1.54) is 0 Å². The van der Waals surface area contributed by atoms with Crippen molar-refractivity contribution in [2.75, 3.05) is 0 Å². The van der Waals surface area contributed by atoms with Gasteiger partial charge in [-0.15, -0.1) is 0 Å². The van der Waals surface area contributed by atoms with Crippen LogP contribution in [0.15, 0.2) is 29.1 Å². The molecule has 5 nitrogen and oxygen atoms in total. The van der Waals surface area contributed by atoms with Gasteiger partial charge in [-0.25, -0.2) is 9.78 Å². The molecule has 2 aromatic heterocycles. The number of hydrogen-bond donors (Lipinski definition) is 3. The Morgan fingerprint density at radius 2 is 1.83 bits per heavy atom. The van der Waals surface area contributed by atoms with Gasteiger partial charge in [0.15, 0.2) is 5.65 Å². The number of rotatable bonds is 1. The molecule has 0 saturated carbocycles. The number of halogens is 1. The monoisotopic (exact) mass is 278 g/mol. The number of fused-ring (bicyclic) bond motifs is 1. The Balaban J connectivity index is 2.25. The van der Waals surface area contributed by atoms with Crippen LogP contribution in [-0.2, 0) is 0 Å². The van der Waals surface area contributed by atoms with Crippen molar-refractivity contribution in [3.05, 3.63) is 44.4 Å². The largest absolute Gasteiger partial charge is 0.334 e. The smallest absolute Gasteiger partial charge is 0.325 e. The van der Waals surface area contributed by atoms with Gasteiger partial charge in [-0.05, 0) is 24.3 Å². The van der Waals surface area contributed by atoms with Crippen LogP contribution in [0.2, 0.25) is 5.02 Å². The summed E-state index contributed by atoms with van der Waals surface area (Å²) < 4.78 is 0.335. The van der Waals surface area contributed by atoms with Gasteiger partial charge in [-0.1, -0.05) is 23.8 Å². The number of imidazole rings is 1. The molecule has 3 aromatic rings. The van der Waals surface area contributed by atoms with Crippen molar-refractivity contribution >= 4 is 35.0 Å². The third-order valence-electron chi connectivity index (χ3n) is 2.51. The number of nitrogens with zero attached hydrogens (tertiary/aromatic N) is 1. The Morgan fingerprint density at radius 3 is 2.56 bits per heavy atom. The molecule has 2 heterocycles. The Labute approximate surface area is 111 Å². The summed E-state index contributed by atoms with van der Waals surface area (Å²) >= 11 is 10.9. The first-order chi connectivity index (χ1) is 8.63. The quantitative estimate of drug-likeness (QED) is 0.599. The van der Waals surface area contributed by atoms with E-state index in [1.807, 2.05) is 12.1 Å². The second-order valence-electron chi connectivity index (χ2n) is 3.72. The molecule has 0 fully saturated rings. The number of nitrogens with one attached hydrogen (secondary N) is 3. The third-order valence-corrected chi connectivity index (χ3v) is 3.07. The zero-order chi connectivity index (χ0) is 12.7. The van der Waals surface area contributed by atoms with Gasteiger partial charge in [-0.2, -0.15) is 0 Å². The molecule has 0 aliphatic heterocycles. The van der Waals surface area contributed by atoms with Crippen LogP contribution < -0.4 is 5.69 Å². The maximum Gasteiger partial charge on any atom is 0.325 e. The molecule has 0 radical (unpaired) electrons. The lowest BCUT2D eigenvalue weighted by Gasteiger charge is -1.95. The van der Waals surface area contributed by atoms with E-state index in [0.717, 1.165) is 5.56 Å². The molecule has 90 valence electrons. The number of aromatic amines is 3. The predicted octanol–water partition coefficient (Wildman–Crippen LogP) is 2.63. The molecule has 0 saturated heterocycles. The van der Waals surface area contributed by atoms with Crippen molar-refractivity contribution in [1.82, 2.24) is 19.9 Å². The van der Waals surface area contributed by atoms with E-state index in [1.54, 1.807) is 12.1 Å². The molecular formula is C11H7ClN4OS. The van der Waals surface area contributed by atoms with Crippen LogP contribution in [0, 0.1) is 4.64 Å². The fraction of sp³-hybridized carbons (Fsp3) is 0. The molecule has 3 rings (SSSR count). The van der Waals surface area contributed by atoms with E-state index in [0.29, 0.717) is 26.7 Å². The molecule has 0 atom stereocenters. The molecule has 3 N–H and O–H groups in total. The summed E-state index contributed by atoms with van der Waals surface area (Å²) in [6, 6.07) is 7.22. The lowest BCUT2D eigenvalue weighted by atomic mass is 10.2. The molecule has 1 aromatic carbocycles. The second kappa shape index (κ2) is 4.08. The molecule has 0 unspecified atom stereocenters. The van der Waals surface area contributed by atoms with Gasteiger partial charge in [0.1, 0.15) is 16.0 Å². The summed E-state index contributed by atoms with van der Waals surface area (Å²) in [6.45, 7) is 0. The lowest BCUT2D eigenvalue weighted by molar-refractivity contribution is 1.09. The van der Waals surface area contributed by atoms with Crippen LogP contribution >= 0.6 is 23.8 Å². The van der Waals surface area contributed by atoms with E-state index in [2.05, 4.69) is 19.9 Å². The van der Waals surface area contributed by atoms with Crippen molar-refractivity contribution in [2.45, 2.75) is 0 Å². The van der Waals surface area contributed by atoms with Gasteiger partial charge < -0.3 is 4.98 Å². The van der Waals surface area contributed by atoms with Gasteiger partial charge in [0, 0.05) is 10.6 Å². The van der Waals surface area contributed by atoms with Crippen molar-refractivity contribution in [2.24, 2.45) is 0 Å². The zero-order valence-corrected chi connectivity index (χ0v) is 10.5. The van der Waals surface area contributed by atoms with Crippen molar-refractivity contribution in [3.8, 4) is 11.4 Å². The summed E-state index contributed by atoms with van der Waals surface area (Å²) in [4.78, 5) is 23.7. The minimum atomic E-state index is -0.373. The van der Waals surface area contributed by atoms with E-state index in [-0.39, 0.29) is 5.69 Å². The predicted molar refractivity (Wildman–Crippen MR) is 72.3 cm³/mol. The SMILES string of the molecule is O=c1[nH]c(=S)c2[nH]c(-c3ccc(Cl)cc3)nc2[nH]1. The zero-order valence-electron chi connectivity index (χ0n) is 8.95. The molecule has 18 heavy (non-hydrogen) atoms. The first kappa shape index (κ1) is 11.2. The standard InChI is InChI=1S/C11H7ClN4OS/c12-6-3-1-5(2-4-6)8-13-7-9(14-8)15-11(17)16-10(7)18/h1-4H,(H3,13,14,15,16,17,18). The Bertz CT molecular complexity index is 831. The molecule has 0 bridgehead atoms. The van der Waals surface area contributed by atoms with E-state index in [4.69, 9.17) is 23.8 Å². The maximum atomic E-state index is 11.2. The average Bonchev–Trinajstić information content (AvgIpc) is 2.74. The highest BCUT2D eigenvalue weighted by atomic mass is 35.5. The van der Waals surface area contributed by atoms with Gasteiger partial charge >= 0.3 is 5.69 Å². The van der Waals surface area contributed by atoms with Crippen LogP contribution in [0.4, 0.5) is 0 Å². The summed E-state index contributed by atoms with van der Waals surface area (Å²) in [5, 5.41) is 0.653. The van der Waals surface area contributed by atoms with Crippen LogP contribution in [0.1, 0.15) is 0 Å². The van der Waals surface area contributed by atoms with Crippen LogP contribution in [0.5, 0.6) is 0 Å². The topological polar surface area (TPSA) is 77.3 Å². The highest BCUT2D eigenvalue weighted by Crippen LogP contribution is 2.20. The summed E-state index contributed by atoms with van der Waals surface area (Å²) in [5.74, 6) is 0.628. The molecule has 0 aliphatic carbocycles. The minimum Gasteiger partial charge on any atom is -0.334 e. The first-order valence-corrected chi connectivity index (χ1v) is 5.90. The summed E-state index contributed by atoms with van der Waals surface area (Å²) in [6.07, 6.45) is 0. The van der Waals surface area contributed by atoms with Crippen LogP contribution in [0.25, 0.3) is 22.6 Å². The normalized spacial score (nSPS) is 10.9. The lowest BCUT2D eigenvalue weighted by Crippen LogP contribution is -2.09. The fourth-order valence-electron chi connectivity index (χ4n) is 1.68. The summed E-state index contributed by atoms with van der Waals surface area (Å²) in [5.41, 5.74) is 1.54. The molecule has 0 spiro atoms. The Kier molecular flexibility index (Phi) is 2.53. The number of aromatic nitrogens is 4. The van der Waals surface area contributed by atoms with Gasteiger partial charge in [-0.3, -0.25) is 9.97 Å². The van der Waals surface area contributed by atoms with Gasteiger partial charge in [0.2, 0.25) is 0 Å². The average molecular weight is 279 g/mol. The van der Waals surface area contributed by atoms with E-state index >= 15 is 0 Å². The summed E-state index contributed by atoms with van der Waals surface area (Å²) in [7, 11) is 0. The highest BCUT2D eigenvalue weighted by Gasteiger charge is 2.07. The molecular weight excluding hydrogens is 272 g/mol. The number of benzene rings is 1.